The molecule has 0 saturated heterocycles. The Balaban J connectivity index is 2.04. The van der Waals surface area contributed by atoms with Gasteiger partial charge < -0.3 is 20.7 Å². The molecule has 0 aromatic heterocycles. The molecule has 1 aliphatic heterocycles. The number of hydrogen-bond acceptors (Lipinski definition) is 3. The molecule has 5 nitrogen and oxygen atoms in total. The van der Waals surface area contributed by atoms with Crippen LogP contribution in [0.15, 0.2) is 53.7 Å². The lowest BCUT2D eigenvalue weighted by Crippen LogP contribution is -2.45. The number of anilines is 1. The van der Waals surface area contributed by atoms with Crippen molar-refractivity contribution in [2.24, 2.45) is 0 Å². The van der Waals surface area contributed by atoms with Crippen molar-refractivity contribution in [2.45, 2.75) is 19.9 Å². The Morgan fingerprint density at radius 1 is 1.22 bits per heavy atom. The van der Waals surface area contributed by atoms with E-state index in [1.165, 1.54) is 0 Å². The number of ether oxygens (including phenoxy) is 1. The summed E-state index contributed by atoms with van der Waals surface area (Å²) in [5.74, 6) is 0.395. The van der Waals surface area contributed by atoms with E-state index in [1.54, 1.807) is 25.3 Å². The number of para-hydroxylation sites is 1. The molecule has 27 heavy (non-hydrogen) atoms. The number of nitrogens with one attached hydrogen (secondary N) is 3. The number of methoxy groups -OCH3 is 1. The fourth-order valence-electron chi connectivity index (χ4n) is 3.06. The quantitative estimate of drug-likeness (QED) is 0.673. The van der Waals surface area contributed by atoms with Crippen LogP contribution in [0.25, 0.3) is 0 Å². The molecule has 7 heteroatoms. The molecule has 0 aliphatic carbocycles. The number of halogens is 1. The van der Waals surface area contributed by atoms with E-state index in [-0.39, 0.29) is 5.91 Å². The van der Waals surface area contributed by atoms with Crippen molar-refractivity contribution in [1.29, 1.82) is 0 Å². The zero-order valence-corrected chi connectivity index (χ0v) is 16.8. The maximum Gasteiger partial charge on any atom is 0.255 e. The second kappa shape index (κ2) is 7.98. The number of aryl methyl sites for hydroxylation is 1. The summed E-state index contributed by atoms with van der Waals surface area (Å²) in [4.78, 5) is 13.1. The molecule has 0 saturated carbocycles. The average molecular weight is 402 g/mol. The lowest BCUT2D eigenvalue weighted by atomic mass is 9.94. The van der Waals surface area contributed by atoms with Crippen LogP contribution in [0.5, 0.6) is 5.75 Å². The number of allylic oxidation sites excluding steroid dienone is 1. The Kier molecular flexibility index (Phi) is 5.68. The molecule has 3 N–H and O–H groups in total. The third-order valence-corrected chi connectivity index (χ3v) is 4.86. The lowest BCUT2D eigenvalue weighted by molar-refractivity contribution is -0.113. The van der Waals surface area contributed by atoms with Gasteiger partial charge >= 0.3 is 0 Å². The Bertz CT molecular complexity index is 943. The smallest absolute Gasteiger partial charge is 0.255 e. The van der Waals surface area contributed by atoms with Crippen molar-refractivity contribution in [3.8, 4) is 5.75 Å². The molecule has 1 aliphatic rings. The molecule has 1 amide bonds. The number of benzene rings is 2. The maximum atomic E-state index is 13.1. The van der Waals surface area contributed by atoms with E-state index in [2.05, 4.69) is 16.0 Å². The predicted octanol–water partition coefficient (Wildman–Crippen LogP) is 4.09. The van der Waals surface area contributed by atoms with Crippen molar-refractivity contribution in [3.63, 3.8) is 0 Å². The van der Waals surface area contributed by atoms with E-state index in [1.807, 2.05) is 38.1 Å². The van der Waals surface area contributed by atoms with Gasteiger partial charge in [-0.1, -0.05) is 29.8 Å². The van der Waals surface area contributed by atoms with Gasteiger partial charge in [0.1, 0.15) is 5.75 Å². The number of carbonyl (C=O) groups is 1. The van der Waals surface area contributed by atoms with Crippen LogP contribution in [0, 0.1) is 6.92 Å². The third-order valence-electron chi connectivity index (χ3n) is 4.41. The molecule has 0 bridgehead atoms. The summed E-state index contributed by atoms with van der Waals surface area (Å²) in [5, 5.41) is 10.2. The summed E-state index contributed by atoms with van der Waals surface area (Å²) in [6.45, 7) is 3.77. The summed E-state index contributed by atoms with van der Waals surface area (Å²) in [5.41, 5.74) is 3.67. The van der Waals surface area contributed by atoms with E-state index >= 15 is 0 Å². The highest BCUT2D eigenvalue weighted by Crippen LogP contribution is 2.35. The third kappa shape index (κ3) is 4.07. The van der Waals surface area contributed by atoms with Crippen LogP contribution < -0.4 is 20.7 Å². The lowest BCUT2D eigenvalue weighted by Gasteiger charge is -2.31. The number of rotatable bonds is 4. The minimum Gasteiger partial charge on any atom is -0.496 e. The Morgan fingerprint density at radius 2 is 1.96 bits per heavy atom. The van der Waals surface area contributed by atoms with Crippen LogP contribution >= 0.6 is 23.8 Å². The normalized spacial score (nSPS) is 16.4. The van der Waals surface area contributed by atoms with Gasteiger partial charge in [-0.15, -0.1) is 0 Å². The van der Waals surface area contributed by atoms with E-state index in [9.17, 15) is 4.79 Å². The molecule has 2 aromatic rings. The monoisotopic (exact) mass is 401 g/mol. The molecule has 1 heterocycles. The SMILES string of the molecule is COc1ccc(Cl)cc1C1NC(=S)NC(C)=C1C(=O)Nc1ccccc1C. The van der Waals surface area contributed by atoms with Crippen LogP contribution in [0.4, 0.5) is 5.69 Å². The second-order valence-corrected chi connectivity index (χ2v) is 7.07. The molecule has 0 fully saturated rings. The van der Waals surface area contributed by atoms with Crippen LogP contribution in [0.2, 0.25) is 5.02 Å². The standard InChI is InChI=1S/C20H20ClN3O2S/c1-11-6-4-5-7-15(11)23-19(25)17-12(2)22-20(27)24-18(17)14-10-13(21)8-9-16(14)26-3/h4-10,18H,1-3H3,(H,23,25)(H2,22,24,27). The zero-order chi connectivity index (χ0) is 19.6. The van der Waals surface area contributed by atoms with Gasteiger partial charge in [-0.2, -0.15) is 0 Å². The fourth-order valence-corrected chi connectivity index (χ4v) is 3.51. The highest BCUT2D eigenvalue weighted by molar-refractivity contribution is 7.80. The van der Waals surface area contributed by atoms with Crippen molar-refractivity contribution in [3.05, 3.63) is 69.9 Å². The highest BCUT2D eigenvalue weighted by Gasteiger charge is 2.32. The van der Waals surface area contributed by atoms with Gasteiger partial charge in [0.05, 0.1) is 18.7 Å². The molecule has 140 valence electrons. The molecule has 1 atom stereocenters. The molecular weight excluding hydrogens is 382 g/mol. The van der Waals surface area contributed by atoms with Gasteiger partial charge in [0.2, 0.25) is 0 Å². The Hall–Kier alpha value is -2.57. The molecule has 2 aromatic carbocycles. The Morgan fingerprint density at radius 3 is 2.67 bits per heavy atom. The van der Waals surface area contributed by atoms with E-state index in [0.717, 1.165) is 16.8 Å². The number of thiocarbonyl (C=S) groups is 1. The first kappa shape index (κ1) is 19.2. The average Bonchev–Trinajstić information content (AvgIpc) is 2.62. The summed E-state index contributed by atoms with van der Waals surface area (Å²) in [6, 6.07) is 12.4. The van der Waals surface area contributed by atoms with E-state index < -0.39 is 6.04 Å². The molecule has 1 unspecified atom stereocenters. The predicted molar refractivity (Wildman–Crippen MR) is 112 cm³/mol. The van der Waals surface area contributed by atoms with Crippen LogP contribution in [0.3, 0.4) is 0 Å². The van der Waals surface area contributed by atoms with Crippen molar-refractivity contribution in [2.75, 3.05) is 12.4 Å². The minimum absolute atomic E-state index is 0.226. The summed E-state index contributed by atoms with van der Waals surface area (Å²) >= 11 is 11.5. The van der Waals surface area contributed by atoms with Gasteiger partial charge in [0, 0.05) is 22.0 Å². The van der Waals surface area contributed by atoms with E-state index in [0.29, 0.717) is 27.2 Å². The first-order valence-electron chi connectivity index (χ1n) is 8.39. The van der Waals surface area contributed by atoms with Crippen LogP contribution in [-0.4, -0.2) is 18.1 Å². The van der Waals surface area contributed by atoms with Crippen LogP contribution in [0.1, 0.15) is 24.1 Å². The molecule has 3 rings (SSSR count). The maximum absolute atomic E-state index is 13.1. The molecule has 0 radical (unpaired) electrons. The zero-order valence-electron chi connectivity index (χ0n) is 15.2. The van der Waals surface area contributed by atoms with Crippen molar-refractivity contribution < 1.29 is 9.53 Å². The van der Waals surface area contributed by atoms with Gasteiger partial charge in [0.15, 0.2) is 5.11 Å². The minimum atomic E-state index is -0.489. The molecular formula is C20H20ClN3O2S. The molecule has 0 spiro atoms. The topological polar surface area (TPSA) is 62.4 Å². The van der Waals surface area contributed by atoms with Crippen molar-refractivity contribution >= 4 is 40.5 Å². The second-order valence-electron chi connectivity index (χ2n) is 6.23. The Labute approximate surface area is 168 Å². The largest absolute Gasteiger partial charge is 0.496 e. The summed E-state index contributed by atoms with van der Waals surface area (Å²) in [6.07, 6.45) is 0. The first-order chi connectivity index (χ1) is 12.9. The van der Waals surface area contributed by atoms with Crippen molar-refractivity contribution in [1.82, 2.24) is 10.6 Å². The van der Waals surface area contributed by atoms with Crippen LogP contribution in [-0.2, 0) is 4.79 Å². The number of amides is 1. The van der Waals surface area contributed by atoms with Gasteiger partial charge in [-0.25, -0.2) is 0 Å². The van der Waals surface area contributed by atoms with Gasteiger partial charge in [0.25, 0.3) is 5.91 Å². The number of hydrogen-bond donors (Lipinski definition) is 3. The number of carbonyl (C=O) groups excluding carboxylic acids is 1. The summed E-state index contributed by atoms with van der Waals surface area (Å²) < 4.78 is 5.47. The highest BCUT2D eigenvalue weighted by atomic mass is 35.5. The first-order valence-corrected chi connectivity index (χ1v) is 9.18. The fraction of sp³-hybridized carbons (Fsp3) is 0.200. The van der Waals surface area contributed by atoms with Gasteiger partial charge in [-0.3, -0.25) is 4.79 Å². The van der Waals surface area contributed by atoms with Gasteiger partial charge in [-0.05, 0) is 55.9 Å². The van der Waals surface area contributed by atoms with E-state index in [4.69, 9.17) is 28.6 Å². The summed E-state index contributed by atoms with van der Waals surface area (Å²) in [7, 11) is 1.58.